The van der Waals surface area contributed by atoms with E-state index in [9.17, 15) is 0 Å². The van der Waals surface area contributed by atoms with Gasteiger partial charge in [-0.2, -0.15) is 0 Å². The molecule has 0 atom stereocenters. The molecule has 9 rings (SSSR count). The van der Waals surface area contributed by atoms with Gasteiger partial charge in [-0.3, -0.25) is 0 Å². The molecule has 0 unspecified atom stereocenters. The number of aromatic nitrogens is 1. The summed E-state index contributed by atoms with van der Waals surface area (Å²) in [6.45, 7) is 4.70. The van der Waals surface area contributed by atoms with E-state index >= 15 is 0 Å². The van der Waals surface area contributed by atoms with Crippen LogP contribution in [0, 0.1) is 0 Å². The molecule has 0 N–H and O–H groups in total. The molecule has 0 fully saturated rings. The standard InChI is InChI=1S/C46H35N/c1-46(2)42-12-6-3-9-38(42)39-28-17-32(30-43(39)46)29-31-15-18-33(19-16-31)34-20-22-35(23-21-34)36-24-26-37(27-25-36)47-44-13-7-4-10-40(44)41-11-5-8-14-45(41)47/h3-28,30H,29H2,1-2H3. The highest BCUT2D eigenvalue weighted by Gasteiger charge is 2.35. The first-order valence-electron chi connectivity index (χ1n) is 16.6. The molecule has 0 amide bonds. The van der Waals surface area contributed by atoms with Gasteiger partial charge in [0.25, 0.3) is 0 Å². The van der Waals surface area contributed by atoms with E-state index in [1.807, 2.05) is 0 Å². The zero-order valence-electron chi connectivity index (χ0n) is 26.7. The lowest BCUT2D eigenvalue weighted by molar-refractivity contribution is 0.659. The average Bonchev–Trinajstić information content (AvgIpc) is 3.57. The van der Waals surface area contributed by atoms with E-state index in [0.717, 1.165) is 6.42 Å². The van der Waals surface area contributed by atoms with Gasteiger partial charge in [-0.15, -0.1) is 0 Å². The fraction of sp³-hybridized carbons (Fsp3) is 0.0870. The molecule has 0 radical (unpaired) electrons. The van der Waals surface area contributed by atoms with Gasteiger partial charge in [-0.05, 0) is 86.3 Å². The molecule has 0 spiro atoms. The smallest absolute Gasteiger partial charge is 0.0541 e. The maximum atomic E-state index is 2.43. The number of hydrogen-bond acceptors (Lipinski definition) is 0. The van der Waals surface area contributed by atoms with Crippen molar-refractivity contribution in [2.24, 2.45) is 0 Å². The van der Waals surface area contributed by atoms with Crippen molar-refractivity contribution < 1.29 is 0 Å². The third-order valence-corrected chi connectivity index (χ3v) is 10.3. The molecule has 224 valence electrons. The summed E-state index contributed by atoms with van der Waals surface area (Å²) in [7, 11) is 0. The van der Waals surface area contributed by atoms with E-state index in [1.165, 1.54) is 83.1 Å². The van der Waals surface area contributed by atoms with Crippen LogP contribution < -0.4 is 0 Å². The Bertz CT molecular complexity index is 2370. The maximum Gasteiger partial charge on any atom is 0.0541 e. The van der Waals surface area contributed by atoms with Gasteiger partial charge < -0.3 is 4.57 Å². The van der Waals surface area contributed by atoms with E-state index in [2.05, 4.69) is 182 Å². The summed E-state index contributed by atoms with van der Waals surface area (Å²) in [5.74, 6) is 0. The second-order valence-electron chi connectivity index (χ2n) is 13.4. The molecule has 1 heteroatoms. The Balaban J connectivity index is 0.931. The zero-order valence-corrected chi connectivity index (χ0v) is 26.7. The molecule has 1 aliphatic rings. The van der Waals surface area contributed by atoms with Crippen LogP contribution in [0.5, 0.6) is 0 Å². The molecule has 0 bridgehead atoms. The monoisotopic (exact) mass is 601 g/mol. The molecule has 8 aromatic rings. The van der Waals surface area contributed by atoms with Crippen molar-refractivity contribution in [1.82, 2.24) is 4.57 Å². The van der Waals surface area contributed by atoms with Crippen molar-refractivity contribution in [1.29, 1.82) is 0 Å². The van der Waals surface area contributed by atoms with Crippen LogP contribution in [0.15, 0.2) is 164 Å². The molecule has 0 saturated heterocycles. The molecule has 7 aromatic carbocycles. The van der Waals surface area contributed by atoms with Crippen molar-refractivity contribution in [3.05, 3.63) is 186 Å². The first-order chi connectivity index (χ1) is 23.0. The molecule has 0 saturated carbocycles. The third kappa shape index (κ3) is 4.54. The van der Waals surface area contributed by atoms with Crippen LogP contribution in [0.2, 0.25) is 0 Å². The van der Waals surface area contributed by atoms with Gasteiger partial charge in [0.05, 0.1) is 11.0 Å². The molecule has 1 heterocycles. The predicted octanol–water partition coefficient (Wildman–Crippen LogP) is 12.0. The SMILES string of the molecule is CC1(C)c2ccccc2-c2ccc(Cc3ccc(-c4ccc(-c5ccc(-n6c7ccccc7c7ccccc76)cc5)cc4)cc3)cc21. The number of hydrogen-bond donors (Lipinski definition) is 0. The normalized spacial score (nSPS) is 13.1. The Labute approximate surface area is 276 Å². The highest BCUT2D eigenvalue weighted by Crippen LogP contribution is 2.48. The molecular weight excluding hydrogens is 567 g/mol. The van der Waals surface area contributed by atoms with Crippen LogP contribution in [-0.2, 0) is 11.8 Å². The van der Waals surface area contributed by atoms with Crippen molar-refractivity contribution >= 4 is 21.8 Å². The zero-order chi connectivity index (χ0) is 31.5. The largest absolute Gasteiger partial charge is 0.309 e. The van der Waals surface area contributed by atoms with Gasteiger partial charge in [0, 0.05) is 21.9 Å². The van der Waals surface area contributed by atoms with Crippen LogP contribution in [0.3, 0.4) is 0 Å². The number of nitrogens with zero attached hydrogens (tertiary/aromatic N) is 1. The summed E-state index contributed by atoms with van der Waals surface area (Å²) < 4.78 is 2.37. The Hall–Kier alpha value is -5.66. The van der Waals surface area contributed by atoms with Crippen LogP contribution in [0.4, 0.5) is 0 Å². The van der Waals surface area contributed by atoms with E-state index < -0.39 is 0 Å². The van der Waals surface area contributed by atoms with Crippen molar-refractivity contribution in [2.75, 3.05) is 0 Å². The summed E-state index contributed by atoms with van der Waals surface area (Å²) in [6.07, 6.45) is 0.934. The van der Waals surface area contributed by atoms with Crippen LogP contribution in [0.1, 0.15) is 36.1 Å². The van der Waals surface area contributed by atoms with Gasteiger partial charge in [0.15, 0.2) is 0 Å². The first kappa shape index (κ1) is 27.6. The minimum absolute atomic E-state index is 0.0341. The lowest BCUT2D eigenvalue weighted by Crippen LogP contribution is -2.15. The quantitative estimate of drug-likeness (QED) is 0.185. The fourth-order valence-corrected chi connectivity index (χ4v) is 7.77. The van der Waals surface area contributed by atoms with E-state index in [1.54, 1.807) is 0 Å². The van der Waals surface area contributed by atoms with Crippen LogP contribution in [0.25, 0.3) is 60.9 Å². The summed E-state index contributed by atoms with van der Waals surface area (Å²) >= 11 is 0. The predicted molar refractivity (Wildman–Crippen MR) is 198 cm³/mol. The summed E-state index contributed by atoms with van der Waals surface area (Å²) in [6, 6.07) is 60.2. The van der Waals surface area contributed by atoms with E-state index in [-0.39, 0.29) is 5.41 Å². The molecule has 1 aliphatic carbocycles. The Morgan fingerprint density at radius 1 is 0.426 bits per heavy atom. The second-order valence-corrected chi connectivity index (χ2v) is 13.4. The lowest BCUT2D eigenvalue weighted by Gasteiger charge is -2.22. The highest BCUT2D eigenvalue weighted by molar-refractivity contribution is 6.09. The minimum atomic E-state index is 0.0341. The van der Waals surface area contributed by atoms with Gasteiger partial charge in [-0.1, -0.05) is 153 Å². The van der Waals surface area contributed by atoms with Crippen LogP contribution in [-0.4, -0.2) is 4.57 Å². The molecular formula is C46H35N. The summed E-state index contributed by atoms with van der Waals surface area (Å²) in [5.41, 5.74) is 16.9. The Morgan fingerprint density at radius 2 is 0.894 bits per heavy atom. The third-order valence-electron chi connectivity index (χ3n) is 10.3. The molecule has 1 nitrogen and oxygen atoms in total. The Morgan fingerprint density at radius 3 is 1.51 bits per heavy atom. The summed E-state index contributed by atoms with van der Waals surface area (Å²) in [4.78, 5) is 0. The van der Waals surface area contributed by atoms with Crippen molar-refractivity contribution in [3.8, 4) is 39.1 Å². The lowest BCUT2D eigenvalue weighted by atomic mass is 9.81. The highest BCUT2D eigenvalue weighted by atomic mass is 15.0. The topological polar surface area (TPSA) is 4.93 Å². The maximum absolute atomic E-state index is 2.43. The fourth-order valence-electron chi connectivity index (χ4n) is 7.77. The second kappa shape index (κ2) is 10.7. The Kier molecular flexibility index (Phi) is 6.30. The van der Waals surface area contributed by atoms with E-state index in [0.29, 0.717) is 0 Å². The molecule has 47 heavy (non-hydrogen) atoms. The van der Waals surface area contributed by atoms with E-state index in [4.69, 9.17) is 0 Å². The number of rotatable bonds is 5. The number of benzene rings is 7. The first-order valence-corrected chi connectivity index (χ1v) is 16.6. The number of fused-ring (bicyclic) bond motifs is 6. The minimum Gasteiger partial charge on any atom is -0.309 e. The van der Waals surface area contributed by atoms with Gasteiger partial charge in [0.1, 0.15) is 0 Å². The van der Waals surface area contributed by atoms with Gasteiger partial charge in [0.2, 0.25) is 0 Å². The summed E-state index contributed by atoms with van der Waals surface area (Å²) in [5, 5.41) is 2.57. The van der Waals surface area contributed by atoms with Crippen molar-refractivity contribution in [3.63, 3.8) is 0 Å². The van der Waals surface area contributed by atoms with Gasteiger partial charge >= 0.3 is 0 Å². The average molecular weight is 602 g/mol. The van der Waals surface area contributed by atoms with Crippen molar-refractivity contribution in [2.45, 2.75) is 25.7 Å². The number of para-hydroxylation sites is 2. The molecule has 1 aromatic heterocycles. The van der Waals surface area contributed by atoms with Gasteiger partial charge in [-0.25, -0.2) is 0 Å². The molecule has 0 aliphatic heterocycles. The van der Waals surface area contributed by atoms with Crippen LogP contribution >= 0.6 is 0 Å².